The topological polar surface area (TPSA) is 25.8 Å². The second-order valence-corrected chi connectivity index (χ2v) is 11.6. The van der Waals surface area contributed by atoms with E-state index in [0.717, 1.165) is 28.0 Å². The minimum absolute atomic E-state index is 0.762. The lowest BCUT2D eigenvalue weighted by molar-refractivity contribution is 1.20. The van der Waals surface area contributed by atoms with Gasteiger partial charge in [0.1, 0.15) is 0 Å². The smallest absolute Gasteiger partial charge is 0.160 e. The molecule has 0 spiro atoms. The quantitative estimate of drug-likeness (QED) is 0.205. The van der Waals surface area contributed by atoms with Crippen molar-refractivity contribution < 1.29 is 0 Å². The molecule has 3 heteroatoms. The average molecular weight is 539 g/mol. The van der Waals surface area contributed by atoms with E-state index in [9.17, 15) is 0 Å². The maximum atomic E-state index is 5.18. The maximum absolute atomic E-state index is 5.18. The Morgan fingerprint density at radius 3 is 1.83 bits per heavy atom. The van der Waals surface area contributed by atoms with Crippen LogP contribution in [0.4, 0.5) is 0 Å². The third-order valence-electron chi connectivity index (χ3n) is 8.26. The molecule has 0 saturated carbocycles. The highest BCUT2D eigenvalue weighted by Crippen LogP contribution is 2.51. The van der Waals surface area contributed by atoms with Gasteiger partial charge in [-0.25, -0.2) is 9.97 Å². The van der Waals surface area contributed by atoms with Gasteiger partial charge in [0.25, 0.3) is 0 Å². The number of hydrogen-bond acceptors (Lipinski definition) is 3. The van der Waals surface area contributed by atoms with E-state index in [-0.39, 0.29) is 0 Å². The zero-order valence-electron chi connectivity index (χ0n) is 22.0. The predicted octanol–water partition coefficient (Wildman–Crippen LogP) is 10.6. The number of fused-ring (bicyclic) bond motifs is 8. The molecule has 0 radical (unpaired) electrons. The molecule has 190 valence electrons. The minimum atomic E-state index is 0.762. The van der Waals surface area contributed by atoms with Gasteiger partial charge in [0, 0.05) is 26.3 Å². The van der Waals surface area contributed by atoms with Crippen molar-refractivity contribution in [3.8, 4) is 33.8 Å². The van der Waals surface area contributed by atoms with E-state index in [1.54, 1.807) is 0 Å². The monoisotopic (exact) mass is 538 g/mol. The van der Waals surface area contributed by atoms with E-state index >= 15 is 0 Å². The molecule has 0 fully saturated rings. The summed E-state index contributed by atoms with van der Waals surface area (Å²) in [5.41, 5.74) is 6.61. The summed E-state index contributed by atoms with van der Waals surface area (Å²) in [6.45, 7) is 0. The van der Waals surface area contributed by atoms with E-state index in [1.165, 1.54) is 58.8 Å². The molecule has 9 rings (SSSR count). The largest absolute Gasteiger partial charge is 0.228 e. The Bertz CT molecular complexity index is 2310. The molecule has 0 saturated heterocycles. The standard InChI is InChI=1S/C38H22N2S/c1-2-10-23(11-3-1)38-39-33-21-20-25(37-35(33)36(40-38)31-16-8-9-17-34(31)41-37)24-18-19-30-28-14-5-4-12-26(28)27-13-6-7-15-29(27)32(30)22-24/h1-22H. The van der Waals surface area contributed by atoms with Crippen LogP contribution in [-0.4, -0.2) is 9.97 Å². The predicted molar refractivity (Wildman–Crippen MR) is 172 cm³/mol. The molecule has 2 heterocycles. The fourth-order valence-electron chi connectivity index (χ4n) is 6.38. The summed E-state index contributed by atoms with van der Waals surface area (Å²) >= 11 is 1.83. The summed E-state index contributed by atoms with van der Waals surface area (Å²) in [4.78, 5) is 12.7. The van der Waals surface area contributed by atoms with Crippen molar-refractivity contribution in [2.24, 2.45) is 0 Å². The molecule has 1 aliphatic heterocycles. The van der Waals surface area contributed by atoms with Crippen LogP contribution in [0.15, 0.2) is 143 Å². The van der Waals surface area contributed by atoms with Crippen LogP contribution < -0.4 is 0 Å². The Morgan fingerprint density at radius 2 is 1.07 bits per heavy atom. The molecule has 0 bridgehead atoms. The van der Waals surface area contributed by atoms with Crippen molar-refractivity contribution in [1.82, 2.24) is 9.97 Å². The first-order valence-electron chi connectivity index (χ1n) is 13.8. The molecule has 0 N–H and O–H groups in total. The van der Waals surface area contributed by atoms with Crippen molar-refractivity contribution in [2.75, 3.05) is 0 Å². The SMILES string of the molecule is c1ccc(-c2nc3c4c(c(-c5ccc6c7ccccc7c7ccccc7c6c5)ccc4n2)Sc2ccccc2-3)cc1. The van der Waals surface area contributed by atoms with Crippen LogP contribution in [0.25, 0.3) is 77.0 Å². The highest BCUT2D eigenvalue weighted by Gasteiger charge is 2.25. The summed E-state index contributed by atoms with van der Waals surface area (Å²) < 4.78 is 0. The number of hydrogen-bond donors (Lipinski definition) is 0. The van der Waals surface area contributed by atoms with Gasteiger partial charge in [0.15, 0.2) is 5.82 Å². The zero-order valence-corrected chi connectivity index (χ0v) is 22.8. The zero-order chi connectivity index (χ0) is 26.9. The fourth-order valence-corrected chi connectivity index (χ4v) is 7.62. The van der Waals surface area contributed by atoms with Gasteiger partial charge in [-0.1, -0.05) is 127 Å². The summed E-state index contributed by atoms with van der Waals surface area (Å²) in [6, 6.07) is 47.8. The summed E-state index contributed by atoms with van der Waals surface area (Å²) in [5.74, 6) is 0.762. The van der Waals surface area contributed by atoms with Crippen molar-refractivity contribution >= 4 is 55.0 Å². The van der Waals surface area contributed by atoms with Crippen LogP contribution in [0.5, 0.6) is 0 Å². The van der Waals surface area contributed by atoms with E-state index in [0.29, 0.717) is 0 Å². The van der Waals surface area contributed by atoms with Crippen molar-refractivity contribution in [3.05, 3.63) is 133 Å². The molecule has 1 aromatic heterocycles. The Balaban J connectivity index is 1.34. The number of nitrogens with zero attached hydrogens (tertiary/aromatic N) is 2. The van der Waals surface area contributed by atoms with Gasteiger partial charge in [0.2, 0.25) is 0 Å². The van der Waals surface area contributed by atoms with E-state index in [1.807, 2.05) is 30.0 Å². The van der Waals surface area contributed by atoms with Gasteiger partial charge in [0.05, 0.1) is 11.2 Å². The third kappa shape index (κ3) is 3.39. The van der Waals surface area contributed by atoms with Crippen LogP contribution in [0.3, 0.4) is 0 Å². The molecule has 0 atom stereocenters. The third-order valence-corrected chi connectivity index (χ3v) is 9.46. The molecule has 1 aliphatic rings. The summed E-state index contributed by atoms with van der Waals surface area (Å²) in [6.07, 6.45) is 0. The van der Waals surface area contributed by atoms with Crippen molar-refractivity contribution in [2.45, 2.75) is 9.79 Å². The summed E-state index contributed by atoms with van der Waals surface area (Å²) in [5, 5.41) is 8.86. The second-order valence-electron chi connectivity index (χ2n) is 10.5. The lowest BCUT2D eigenvalue weighted by Crippen LogP contribution is -2.01. The lowest BCUT2D eigenvalue weighted by atomic mass is 9.91. The van der Waals surface area contributed by atoms with E-state index in [2.05, 4.69) is 115 Å². The Hall–Kier alpha value is -4.99. The van der Waals surface area contributed by atoms with Gasteiger partial charge in [-0.15, -0.1) is 0 Å². The van der Waals surface area contributed by atoms with Crippen LogP contribution in [0.1, 0.15) is 0 Å². The minimum Gasteiger partial charge on any atom is -0.228 e. The van der Waals surface area contributed by atoms with Gasteiger partial charge in [-0.3, -0.25) is 0 Å². The molecule has 8 aromatic rings. The first kappa shape index (κ1) is 22.8. The van der Waals surface area contributed by atoms with Crippen LogP contribution in [0, 0.1) is 0 Å². The first-order chi connectivity index (χ1) is 20.3. The Kier molecular flexibility index (Phi) is 4.87. The molecule has 0 amide bonds. The highest BCUT2D eigenvalue weighted by atomic mass is 32.2. The average Bonchev–Trinajstić information content (AvgIpc) is 3.05. The summed E-state index contributed by atoms with van der Waals surface area (Å²) in [7, 11) is 0. The van der Waals surface area contributed by atoms with Crippen LogP contribution >= 0.6 is 11.8 Å². The molecule has 7 aromatic carbocycles. The highest BCUT2D eigenvalue weighted by molar-refractivity contribution is 8.00. The van der Waals surface area contributed by atoms with Gasteiger partial charge >= 0.3 is 0 Å². The van der Waals surface area contributed by atoms with Crippen molar-refractivity contribution in [1.29, 1.82) is 0 Å². The molecule has 0 unspecified atom stereocenters. The van der Waals surface area contributed by atoms with Gasteiger partial charge in [-0.05, 0) is 61.6 Å². The van der Waals surface area contributed by atoms with Crippen molar-refractivity contribution in [3.63, 3.8) is 0 Å². The normalized spacial score (nSPS) is 12.3. The fraction of sp³-hybridized carbons (Fsp3) is 0. The molecular formula is C38H22N2S. The molecular weight excluding hydrogens is 516 g/mol. The van der Waals surface area contributed by atoms with Gasteiger partial charge < -0.3 is 0 Å². The Morgan fingerprint density at radius 1 is 0.439 bits per heavy atom. The number of benzene rings is 7. The second kappa shape index (κ2) is 8.76. The molecule has 0 aliphatic carbocycles. The van der Waals surface area contributed by atoms with Gasteiger partial charge in [-0.2, -0.15) is 0 Å². The number of rotatable bonds is 2. The number of aromatic nitrogens is 2. The van der Waals surface area contributed by atoms with E-state index in [4.69, 9.17) is 9.97 Å². The van der Waals surface area contributed by atoms with E-state index < -0.39 is 0 Å². The molecule has 41 heavy (non-hydrogen) atoms. The Labute approximate surface area is 241 Å². The van der Waals surface area contributed by atoms with Crippen LogP contribution in [-0.2, 0) is 0 Å². The first-order valence-corrected chi connectivity index (χ1v) is 14.7. The van der Waals surface area contributed by atoms with Crippen LogP contribution in [0.2, 0.25) is 0 Å². The lowest BCUT2D eigenvalue weighted by Gasteiger charge is -2.22. The maximum Gasteiger partial charge on any atom is 0.160 e. The molecule has 2 nitrogen and oxygen atoms in total.